The Kier molecular flexibility index (Phi) is 8.69. The molecule has 0 radical (unpaired) electrons. The van der Waals surface area contributed by atoms with E-state index in [4.69, 9.17) is 10.00 Å². The second kappa shape index (κ2) is 12.5. The second-order valence-electron chi connectivity index (χ2n) is 9.04. The number of nitrogens with zero attached hydrogens (tertiary/aromatic N) is 4. The molecule has 9 heteroatoms. The highest BCUT2D eigenvalue weighted by atomic mass is 16.5. The van der Waals surface area contributed by atoms with Gasteiger partial charge in [-0.1, -0.05) is 24.8 Å². The quantitative estimate of drug-likeness (QED) is 0.137. The molecule has 1 atom stereocenters. The van der Waals surface area contributed by atoms with Crippen LogP contribution in [0.3, 0.4) is 0 Å². The van der Waals surface area contributed by atoms with Gasteiger partial charge in [-0.3, -0.25) is 14.6 Å². The van der Waals surface area contributed by atoms with E-state index in [1.54, 1.807) is 42.4 Å². The first-order valence-corrected chi connectivity index (χ1v) is 12.6. The zero-order valence-corrected chi connectivity index (χ0v) is 21.8. The molecule has 2 aromatic carbocycles. The van der Waals surface area contributed by atoms with Gasteiger partial charge in [0.05, 0.1) is 11.1 Å². The first-order chi connectivity index (χ1) is 19.0. The van der Waals surface area contributed by atoms with Crippen molar-refractivity contribution in [2.75, 3.05) is 20.1 Å². The number of aromatic amines is 1. The number of nitriles is 1. The Balaban J connectivity index is 1.53. The molecule has 39 heavy (non-hydrogen) atoms. The highest BCUT2D eigenvalue weighted by molar-refractivity contribution is 6.18. The molecule has 1 aliphatic heterocycles. The summed E-state index contributed by atoms with van der Waals surface area (Å²) in [4.78, 5) is 39.4. The second-order valence-corrected chi connectivity index (χ2v) is 9.04. The van der Waals surface area contributed by atoms with Crippen molar-refractivity contribution >= 4 is 30.1 Å². The van der Waals surface area contributed by atoms with Crippen molar-refractivity contribution in [3.63, 3.8) is 0 Å². The molecular formula is C30H30N6O3. The Morgan fingerprint density at radius 2 is 1.87 bits per heavy atom. The number of benzene rings is 2. The lowest BCUT2D eigenvalue weighted by atomic mass is 9.99. The van der Waals surface area contributed by atoms with E-state index in [1.165, 1.54) is 0 Å². The van der Waals surface area contributed by atoms with Crippen LogP contribution in [0, 0.1) is 11.3 Å². The third-order valence-electron chi connectivity index (χ3n) is 6.60. The molecule has 1 aliphatic rings. The number of carbonyl (C=O) groups is 2. The van der Waals surface area contributed by atoms with Gasteiger partial charge < -0.3 is 19.9 Å². The number of likely N-dealkylation sites (tertiary alicyclic amines) is 1. The van der Waals surface area contributed by atoms with Gasteiger partial charge in [0.1, 0.15) is 34.8 Å². The predicted molar refractivity (Wildman–Crippen MR) is 151 cm³/mol. The number of aliphatic imine (C=N–C) groups is 2. The smallest absolute Gasteiger partial charge is 0.264 e. The molecule has 0 spiro atoms. The van der Waals surface area contributed by atoms with E-state index < -0.39 is 0 Å². The molecule has 0 aliphatic carbocycles. The lowest BCUT2D eigenvalue weighted by Crippen LogP contribution is -2.49. The zero-order chi connectivity index (χ0) is 27.8. The van der Waals surface area contributed by atoms with Gasteiger partial charge in [0.15, 0.2) is 5.78 Å². The number of para-hydroxylation sites is 1. The Bertz CT molecular complexity index is 1430. The fourth-order valence-electron chi connectivity index (χ4n) is 4.61. The lowest BCUT2D eigenvalue weighted by molar-refractivity contribution is -0.130. The summed E-state index contributed by atoms with van der Waals surface area (Å²) in [5.74, 6) is 1.60. The van der Waals surface area contributed by atoms with Crippen molar-refractivity contribution in [2.45, 2.75) is 25.3 Å². The van der Waals surface area contributed by atoms with E-state index in [9.17, 15) is 9.59 Å². The first-order valence-electron chi connectivity index (χ1n) is 12.6. The van der Waals surface area contributed by atoms with Crippen LogP contribution < -0.4 is 10.1 Å². The van der Waals surface area contributed by atoms with Crippen LogP contribution in [-0.2, 0) is 4.79 Å². The highest BCUT2D eigenvalue weighted by Gasteiger charge is 2.29. The number of piperidine rings is 1. The number of amides is 1. The van der Waals surface area contributed by atoms with E-state index in [2.05, 4.69) is 33.6 Å². The minimum Gasteiger partial charge on any atom is -0.457 e. The SMILES string of the molecule is C=Nc1[nH]cc(C(=O)c2ccc(Oc3ccccc3)cc2)c1C(=NC)NCC1CCCCN1C(=O)C(=C)C#N. The molecule has 0 bridgehead atoms. The summed E-state index contributed by atoms with van der Waals surface area (Å²) in [6.07, 6.45) is 4.20. The maximum atomic E-state index is 13.5. The molecule has 9 nitrogen and oxygen atoms in total. The lowest BCUT2D eigenvalue weighted by Gasteiger charge is -2.36. The summed E-state index contributed by atoms with van der Waals surface area (Å²) in [5, 5.41) is 12.4. The van der Waals surface area contributed by atoms with Gasteiger partial charge in [0, 0.05) is 37.9 Å². The first kappa shape index (κ1) is 27.1. The summed E-state index contributed by atoms with van der Waals surface area (Å²) in [5.41, 5.74) is 1.28. The summed E-state index contributed by atoms with van der Waals surface area (Å²) >= 11 is 0. The zero-order valence-electron chi connectivity index (χ0n) is 21.8. The average Bonchev–Trinajstić information content (AvgIpc) is 3.41. The number of rotatable bonds is 9. The standard InChI is InChI=1S/C30H30N6O3/c1-20(17-31)30(38)36-16-8-7-9-22(36)18-34-28(32-2)26-25(19-35-29(26)33-3)27(37)21-12-14-24(15-13-21)39-23-10-5-4-6-11-23/h4-6,10-15,19,22,35H,1,3,7-9,16,18H2,2H3,(H,32,34). The molecule has 198 valence electrons. The van der Waals surface area contributed by atoms with E-state index >= 15 is 0 Å². The number of amidine groups is 1. The Morgan fingerprint density at radius 3 is 2.54 bits per heavy atom. The fraction of sp³-hybridized carbons (Fsp3) is 0.233. The van der Waals surface area contributed by atoms with Crippen LogP contribution in [0.25, 0.3) is 0 Å². The number of aromatic nitrogens is 1. The predicted octanol–water partition coefficient (Wildman–Crippen LogP) is 4.80. The van der Waals surface area contributed by atoms with Gasteiger partial charge in [-0.2, -0.15) is 5.26 Å². The van der Waals surface area contributed by atoms with Crippen molar-refractivity contribution < 1.29 is 14.3 Å². The van der Waals surface area contributed by atoms with Gasteiger partial charge in [-0.25, -0.2) is 4.99 Å². The van der Waals surface area contributed by atoms with Crippen LogP contribution in [0.5, 0.6) is 11.5 Å². The topological polar surface area (TPSA) is 123 Å². The van der Waals surface area contributed by atoms with Crippen LogP contribution in [0.1, 0.15) is 40.7 Å². The largest absolute Gasteiger partial charge is 0.457 e. The molecule has 3 aromatic rings. The number of hydrogen-bond acceptors (Lipinski definition) is 6. The van der Waals surface area contributed by atoms with Gasteiger partial charge in [0.2, 0.25) is 0 Å². The van der Waals surface area contributed by atoms with E-state index in [0.29, 0.717) is 52.9 Å². The van der Waals surface area contributed by atoms with Gasteiger partial charge in [-0.15, -0.1) is 0 Å². The van der Waals surface area contributed by atoms with Gasteiger partial charge in [-0.05, 0) is 62.4 Å². The van der Waals surface area contributed by atoms with E-state index in [0.717, 1.165) is 19.3 Å². The van der Waals surface area contributed by atoms with Crippen LogP contribution in [0.15, 0.2) is 82.9 Å². The Hall–Kier alpha value is -4.97. The molecule has 1 amide bonds. The van der Waals surface area contributed by atoms with E-state index in [1.807, 2.05) is 36.4 Å². The van der Waals surface area contributed by atoms with Crippen LogP contribution in [0.2, 0.25) is 0 Å². The van der Waals surface area contributed by atoms with Crippen LogP contribution in [-0.4, -0.2) is 60.3 Å². The maximum absolute atomic E-state index is 13.5. The van der Waals surface area contributed by atoms with Gasteiger partial charge >= 0.3 is 0 Å². The third-order valence-corrected chi connectivity index (χ3v) is 6.60. The minimum absolute atomic E-state index is 0.0804. The maximum Gasteiger partial charge on any atom is 0.264 e. The summed E-state index contributed by atoms with van der Waals surface area (Å²) in [6.45, 7) is 8.16. The van der Waals surface area contributed by atoms with Crippen molar-refractivity contribution in [3.8, 4) is 17.6 Å². The third kappa shape index (κ3) is 6.13. The number of carbonyl (C=O) groups excluding carboxylic acids is 2. The Morgan fingerprint density at radius 1 is 1.15 bits per heavy atom. The molecular weight excluding hydrogens is 492 g/mol. The van der Waals surface area contributed by atoms with Crippen LogP contribution in [0.4, 0.5) is 5.82 Å². The van der Waals surface area contributed by atoms with Crippen molar-refractivity contribution in [3.05, 3.63) is 89.6 Å². The number of ether oxygens (including phenoxy) is 1. The molecule has 2 heterocycles. The van der Waals surface area contributed by atoms with Crippen molar-refractivity contribution in [1.82, 2.24) is 15.2 Å². The Labute approximate surface area is 227 Å². The minimum atomic E-state index is -0.357. The number of ketones is 1. The monoisotopic (exact) mass is 522 g/mol. The van der Waals surface area contributed by atoms with Crippen molar-refractivity contribution in [1.29, 1.82) is 5.26 Å². The molecule has 2 N–H and O–H groups in total. The highest BCUT2D eigenvalue weighted by Crippen LogP contribution is 2.27. The molecule has 1 fully saturated rings. The molecule has 0 saturated carbocycles. The normalized spacial score (nSPS) is 15.2. The van der Waals surface area contributed by atoms with Crippen molar-refractivity contribution in [2.24, 2.45) is 9.98 Å². The summed E-state index contributed by atoms with van der Waals surface area (Å²) in [6, 6.07) is 18.0. The number of H-pyrrole nitrogens is 1. The number of hydrogen-bond donors (Lipinski definition) is 2. The molecule has 1 unspecified atom stereocenters. The van der Waals surface area contributed by atoms with E-state index in [-0.39, 0.29) is 23.3 Å². The summed E-state index contributed by atoms with van der Waals surface area (Å²) < 4.78 is 5.84. The molecule has 1 saturated heterocycles. The van der Waals surface area contributed by atoms with Gasteiger partial charge in [0.25, 0.3) is 5.91 Å². The fourth-order valence-corrected chi connectivity index (χ4v) is 4.61. The van der Waals surface area contributed by atoms with Crippen LogP contribution >= 0.6 is 0 Å². The summed E-state index contributed by atoms with van der Waals surface area (Å²) in [7, 11) is 1.62. The number of nitrogens with one attached hydrogen (secondary N) is 2. The molecule has 4 rings (SSSR count). The average molecular weight is 523 g/mol. The molecule has 1 aromatic heterocycles.